The van der Waals surface area contributed by atoms with Crippen LogP contribution >= 0.6 is 11.3 Å². The number of nitrogens with zero attached hydrogens (tertiary/aromatic N) is 1. The van der Waals surface area contributed by atoms with Crippen LogP contribution in [-0.4, -0.2) is 49.5 Å². The van der Waals surface area contributed by atoms with Crippen LogP contribution in [0, 0.1) is 0 Å². The van der Waals surface area contributed by atoms with E-state index >= 15 is 0 Å². The molecule has 2 rings (SSSR count). The SMILES string of the molecule is COC(=O)C1CCCN1S(=O)(=O)c1ccsc1C(=O)O. The maximum absolute atomic E-state index is 12.5. The van der Waals surface area contributed by atoms with E-state index in [-0.39, 0.29) is 16.3 Å². The number of hydrogen-bond donors (Lipinski definition) is 1. The van der Waals surface area contributed by atoms with Gasteiger partial charge in [0, 0.05) is 6.54 Å². The van der Waals surface area contributed by atoms with Crippen LogP contribution < -0.4 is 0 Å². The second kappa shape index (κ2) is 5.51. The summed E-state index contributed by atoms with van der Waals surface area (Å²) in [5, 5.41) is 10.4. The zero-order valence-corrected chi connectivity index (χ0v) is 12.2. The summed E-state index contributed by atoms with van der Waals surface area (Å²) in [6, 6.07) is 0.363. The minimum Gasteiger partial charge on any atom is -0.477 e. The highest BCUT2D eigenvalue weighted by molar-refractivity contribution is 7.89. The summed E-state index contributed by atoms with van der Waals surface area (Å²) in [7, 11) is -2.82. The quantitative estimate of drug-likeness (QED) is 0.823. The molecule has 0 radical (unpaired) electrons. The maximum Gasteiger partial charge on any atom is 0.347 e. The number of sulfonamides is 1. The fourth-order valence-corrected chi connectivity index (χ4v) is 5.06. The summed E-state index contributed by atoms with van der Waals surface area (Å²) in [5.74, 6) is -1.93. The molecule has 1 unspecified atom stereocenters. The molecule has 1 aliphatic heterocycles. The molecule has 110 valence electrons. The average molecular weight is 319 g/mol. The van der Waals surface area contributed by atoms with Crippen LogP contribution in [-0.2, 0) is 19.6 Å². The first-order chi connectivity index (χ1) is 9.39. The predicted molar refractivity (Wildman–Crippen MR) is 70.2 cm³/mol. The van der Waals surface area contributed by atoms with Crippen molar-refractivity contribution in [1.29, 1.82) is 0 Å². The topological polar surface area (TPSA) is 101 Å². The number of methoxy groups -OCH3 is 1. The predicted octanol–water partition coefficient (Wildman–Crippen LogP) is 0.772. The molecule has 0 aromatic carbocycles. The molecule has 0 bridgehead atoms. The van der Waals surface area contributed by atoms with Crippen molar-refractivity contribution in [3.8, 4) is 0 Å². The Kier molecular flexibility index (Phi) is 4.11. The summed E-state index contributed by atoms with van der Waals surface area (Å²) in [6.45, 7) is 0.178. The summed E-state index contributed by atoms with van der Waals surface area (Å²) in [5.41, 5.74) is 0. The highest BCUT2D eigenvalue weighted by atomic mass is 32.2. The Hall–Kier alpha value is -1.45. The zero-order valence-electron chi connectivity index (χ0n) is 10.6. The molecule has 9 heteroatoms. The molecule has 20 heavy (non-hydrogen) atoms. The van der Waals surface area contributed by atoms with Crippen LogP contribution in [0.4, 0.5) is 0 Å². The van der Waals surface area contributed by atoms with Gasteiger partial charge in [-0.2, -0.15) is 4.31 Å². The lowest BCUT2D eigenvalue weighted by Gasteiger charge is -2.21. The van der Waals surface area contributed by atoms with Gasteiger partial charge in [-0.05, 0) is 24.3 Å². The minimum atomic E-state index is -4.01. The number of carbonyl (C=O) groups excluding carboxylic acids is 1. The van der Waals surface area contributed by atoms with Gasteiger partial charge in [0.1, 0.15) is 15.8 Å². The molecule has 1 atom stereocenters. The van der Waals surface area contributed by atoms with Gasteiger partial charge in [-0.1, -0.05) is 0 Å². The van der Waals surface area contributed by atoms with Crippen LogP contribution in [0.25, 0.3) is 0 Å². The Morgan fingerprint density at radius 1 is 1.50 bits per heavy atom. The highest BCUT2D eigenvalue weighted by Crippen LogP contribution is 2.30. The molecular formula is C11H13NO6S2. The number of rotatable bonds is 4. The second-order valence-corrected chi connectivity index (χ2v) is 6.99. The number of esters is 1. The molecule has 0 saturated carbocycles. The smallest absolute Gasteiger partial charge is 0.347 e. The van der Waals surface area contributed by atoms with Crippen LogP contribution in [0.2, 0.25) is 0 Å². The number of ether oxygens (including phenoxy) is 1. The summed E-state index contributed by atoms with van der Waals surface area (Å²) >= 11 is 0.837. The van der Waals surface area contributed by atoms with E-state index < -0.39 is 28.0 Å². The maximum atomic E-state index is 12.5. The van der Waals surface area contributed by atoms with E-state index in [0.717, 1.165) is 15.6 Å². The van der Waals surface area contributed by atoms with Gasteiger partial charge in [-0.3, -0.25) is 4.79 Å². The Bertz CT molecular complexity index is 635. The Labute approximate surface area is 119 Å². The van der Waals surface area contributed by atoms with E-state index in [0.29, 0.717) is 12.8 Å². The van der Waals surface area contributed by atoms with Crippen molar-refractivity contribution < 1.29 is 27.9 Å². The normalized spacial score (nSPS) is 19.9. The number of carbonyl (C=O) groups is 2. The lowest BCUT2D eigenvalue weighted by atomic mass is 10.2. The monoisotopic (exact) mass is 319 g/mol. The van der Waals surface area contributed by atoms with E-state index in [1.54, 1.807) is 0 Å². The molecule has 2 heterocycles. The average Bonchev–Trinajstić information content (AvgIpc) is 3.06. The first kappa shape index (κ1) is 14.9. The lowest BCUT2D eigenvalue weighted by molar-refractivity contribution is -0.144. The number of carboxylic acid groups (broad SMARTS) is 1. The summed E-state index contributed by atoms with van der Waals surface area (Å²) < 4.78 is 30.6. The number of hydrogen-bond acceptors (Lipinski definition) is 6. The van der Waals surface area contributed by atoms with Gasteiger partial charge >= 0.3 is 11.9 Å². The van der Waals surface area contributed by atoms with Crippen LogP contribution in [0.5, 0.6) is 0 Å². The van der Waals surface area contributed by atoms with Crippen LogP contribution in [0.15, 0.2) is 16.3 Å². The van der Waals surface area contributed by atoms with Crippen molar-refractivity contribution >= 4 is 33.3 Å². The number of carboxylic acids is 1. The van der Waals surface area contributed by atoms with Gasteiger partial charge in [-0.25, -0.2) is 13.2 Å². The van der Waals surface area contributed by atoms with Crippen molar-refractivity contribution in [3.63, 3.8) is 0 Å². The molecule has 0 amide bonds. The summed E-state index contributed by atoms with van der Waals surface area (Å²) in [6.07, 6.45) is 0.907. The van der Waals surface area contributed by atoms with Gasteiger partial charge in [0.2, 0.25) is 10.0 Å². The fraction of sp³-hybridized carbons (Fsp3) is 0.455. The number of thiophene rings is 1. The van der Waals surface area contributed by atoms with Gasteiger partial charge < -0.3 is 9.84 Å². The number of aromatic carboxylic acids is 1. The molecule has 7 nitrogen and oxygen atoms in total. The first-order valence-electron chi connectivity index (χ1n) is 5.80. The zero-order chi connectivity index (χ0) is 14.9. The van der Waals surface area contributed by atoms with Crippen molar-refractivity contribution in [3.05, 3.63) is 16.3 Å². The van der Waals surface area contributed by atoms with E-state index in [4.69, 9.17) is 5.11 Å². The van der Waals surface area contributed by atoms with Gasteiger partial charge in [-0.15, -0.1) is 11.3 Å². The molecule has 0 spiro atoms. The van der Waals surface area contributed by atoms with Gasteiger partial charge in [0.05, 0.1) is 7.11 Å². The van der Waals surface area contributed by atoms with Gasteiger partial charge in [0.25, 0.3) is 0 Å². The largest absolute Gasteiger partial charge is 0.477 e. The van der Waals surface area contributed by atoms with E-state index in [1.165, 1.54) is 18.6 Å². The third-order valence-corrected chi connectivity index (χ3v) is 6.07. The van der Waals surface area contributed by atoms with E-state index in [2.05, 4.69) is 4.74 Å². The van der Waals surface area contributed by atoms with E-state index in [1.807, 2.05) is 0 Å². The molecule has 1 aliphatic rings. The minimum absolute atomic E-state index is 0.178. The Balaban J connectivity index is 2.42. The molecule has 1 fully saturated rings. The lowest BCUT2D eigenvalue weighted by Crippen LogP contribution is -2.41. The van der Waals surface area contributed by atoms with Crippen LogP contribution in [0.3, 0.4) is 0 Å². The molecule has 1 N–H and O–H groups in total. The van der Waals surface area contributed by atoms with Crippen molar-refractivity contribution in [2.75, 3.05) is 13.7 Å². The van der Waals surface area contributed by atoms with Crippen molar-refractivity contribution in [2.45, 2.75) is 23.8 Å². The Morgan fingerprint density at radius 2 is 2.20 bits per heavy atom. The third kappa shape index (κ3) is 2.43. The Morgan fingerprint density at radius 3 is 2.80 bits per heavy atom. The standard InChI is InChI=1S/C11H13NO6S2/c1-18-11(15)7-3-2-5-12(7)20(16,17)8-4-6-19-9(8)10(13)14/h4,6-7H,2-3,5H2,1H3,(H,13,14). The first-order valence-corrected chi connectivity index (χ1v) is 8.12. The van der Waals surface area contributed by atoms with Gasteiger partial charge in [0.15, 0.2) is 0 Å². The van der Waals surface area contributed by atoms with Crippen molar-refractivity contribution in [1.82, 2.24) is 4.31 Å². The van der Waals surface area contributed by atoms with E-state index in [9.17, 15) is 18.0 Å². The highest BCUT2D eigenvalue weighted by Gasteiger charge is 2.41. The fourth-order valence-electron chi connectivity index (χ4n) is 2.18. The van der Waals surface area contributed by atoms with Crippen molar-refractivity contribution in [2.24, 2.45) is 0 Å². The van der Waals surface area contributed by atoms with Crippen LogP contribution in [0.1, 0.15) is 22.5 Å². The summed E-state index contributed by atoms with van der Waals surface area (Å²) in [4.78, 5) is 22.1. The second-order valence-electron chi connectivity index (χ2n) is 4.22. The molecule has 0 aliphatic carbocycles. The molecule has 1 aromatic rings. The molecular weight excluding hydrogens is 306 g/mol. The molecule has 1 aromatic heterocycles. The molecule has 1 saturated heterocycles. The third-order valence-electron chi connectivity index (χ3n) is 3.09.